The van der Waals surface area contributed by atoms with Gasteiger partial charge in [0.25, 0.3) is 5.91 Å². The summed E-state index contributed by atoms with van der Waals surface area (Å²) in [5.41, 5.74) is 2.15. The number of aryl methyl sites for hydroxylation is 1. The molecule has 1 N–H and O–H groups in total. The lowest BCUT2D eigenvalue weighted by Gasteiger charge is -2.28. The van der Waals surface area contributed by atoms with Gasteiger partial charge in [0.15, 0.2) is 6.61 Å². The van der Waals surface area contributed by atoms with Crippen LogP contribution in [0.1, 0.15) is 31.4 Å². The first-order chi connectivity index (χ1) is 13.9. The SMILES string of the molecule is CCCNC(=O)[C@H](C)N(CCc1ccccc1)C(=O)COc1ccc(Br)c(C)c1. The molecule has 2 rings (SSSR count). The number of hydrogen-bond acceptors (Lipinski definition) is 3. The molecule has 0 aromatic heterocycles. The van der Waals surface area contributed by atoms with Crippen molar-refractivity contribution < 1.29 is 14.3 Å². The number of carbonyl (C=O) groups excluding carboxylic acids is 2. The monoisotopic (exact) mass is 460 g/mol. The Hall–Kier alpha value is -2.34. The summed E-state index contributed by atoms with van der Waals surface area (Å²) in [5, 5.41) is 2.87. The zero-order valence-electron chi connectivity index (χ0n) is 17.3. The quantitative estimate of drug-likeness (QED) is 0.579. The number of hydrogen-bond donors (Lipinski definition) is 1. The predicted molar refractivity (Wildman–Crippen MR) is 119 cm³/mol. The van der Waals surface area contributed by atoms with Crippen molar-refractivity contribution in [2.24, 2.45) is 0 Å². The molecule has 0 aliphatic rings. The summed E-state index contributed by atoms with van der Waals surface area (Å²) >= 11 is 3.46. The highest BCUT2D eigenvalue weighted by atomic mass is 79.9. The Morgan fingerprint density at radius 3 is 2.55 bits per heavy atom. The van der Waals surface area contributed by atoms with E-state index in [9.17, 15) is 9.59 Å². The molecule has 29 heavy (non-hydrogen) atoms. The first kappa shape index (κ1) is 22.9. The minimum absolute atomic E-state index is 0.110. The van der Waals surface area contributed by atoms with E-state index in [1.807, 2.05) is 62.4 Å². The van der Waals surface area contributed by atoms with Gasteiger partial charge < -0.3 is 15.0 Å². The van der Waals surface area contributed by atoms with E-state index >= 15 is 0 Å². The highest BCUT2D eigenvalue weighted by Crippen LogP contribution is 2.21. The molecule has 0 fully saturated rings. The average molecular weight is 461 g/mol. The van der Waals surface area contributed by atoms with Crippen molar-refractivity contribution >= 4 is 27.7 Å². The van der Waals surface area contributed by atoms with Crippen LogP contribution in [-0.2, 0) is 16.0 Å². The molecule has 0 radical (unpaired) electrons. The molecule has 2 amide bonds. The average Bonchev–Trinajstić information content (AvgIpc) is 2.73. The van der Waals surface area contributed by atoms with E-state index < -0.39 is 6.04 Å². The molecule has 0 spiro atoms. The second-order valence-corrected chi connectivity index (χ2v) is 7.84. The van der Waals surface area contributed by atoms with Crippen LogP contribution in [0.3, 0.4) is 0 Å². The Bertz CT molecular complexity index is 811. The van der Waals surface area contributed by atoms with Crippen LogP contribution in [0.15, 0.2) is 53.0 Å². The van der Waals surface area contributed by atoms with Gasteiger partial charge in [0.05, 0.1) is 0 Å². The maximum absolute atomic E-state index is 12.9. The van der Waals surface area contributed by atoms with Crippen LogP contribution >= 0.6 is 15.9 Å². The maximum Gasteiger partial charge on any atom is 0.261 e. The zero-order chi connectivity index (χ0) is 21.2. The molecule has 0 heterocycles. The van der Waals surface area contributed by atoms with Crippen LogP contribution in [0.25, 0.3) is 0 Å². The number of benzene rings is 2. The zero-order valence-corrected chi connectivity index (χ0v) is 18.9. The van der Waals surface area contributed by atoms with Crippen LogP contribution in [0.2, 0.25) is 0 Å². The number of halogens is 1. The van der Waals surface area contributed by atoms with Crippen LogP contribution < -0.4 is 10.1 Å². The second-order valence-electron chi connectivity index (χ2n) is 6.99. The standard InChI is InChI=1S/C23H29BrN2O3/c1-4-13-25-23(28)18(3)26(14-12-19-8-6-5-7-9-19)22(27)16-29-20-10-11-21(24)17(2)15-20/h5-11,15,18H,4,12-14,16H2,1-3H3,(H,25,28)/t18-/m0/s1. The summed E-state index contributed by atoms with van der Waals surface area (Å²) in [6.07, 6.45) is 1.53. The van der Waals surface area contributed by atoms with E-state index in [2.05, 4.69) is 21.2 Å². The van der Waals surface area contributed by atoms with Gasteiger partial charge >= 0.3 is 0 Å². The minimum atomic E-state index is -0.562. The molecule has 6 heteroatoms. The summed E-state index contributed by atoms with van der Waals surface area (Å²) in [6, 6.07) is 15.0. The lowest BCUT2D eigenvalue weighted by atomic mass is 10.1. The Kier molecular flexibility index (Phi) is 9.19. The summed E-state index contributed by atoms with van der Waals surface area (Å²) in [7, 11) is 0. The third-order valence-corrected chi connectivity index (χ3v) is 5.58. The number of carbonyl (C=O) groups is 2. The van der Waals surface area contributed by atoms with E-state index in [0.29, 0.717) is 25.3 Å². The van der Waals surface area contributed by atoms with Gasteiger partial charge in [-0.1, -0.05) is 53.2 Å². The molecule has 0 saturated heterocycles. The number of amides is 2. The number of nitrogens with zero attached hydrogens (tertiary/aromatic N) is 1. The third kappa shape index (κ3) is 7.20. The molecule has 0 saturated carbocycles. The minimum Gasteiger partial charge on any atom is -0.484 e. The molecule has 0 aliphatic heterocycles. The van der Waals surface area contributed by atoms with Crippen molar-refractivity contribution in [1.82, 2.24) is 10.2 Å². The fourth-order valence-electron chi connectivity index (χ4n) is 2.90. The Morgan fingerprint density at radius 1 is 1.17 bits per heavy atom. The van der Waals surface area contributed by atoms with Gasteiger partial charge in [-0.2, -0.15) is 0 Å². The van der Waals surface area contributed by atoms with Gasteiger partial charge in [0.1, 0.15) is 11.8 Å². The van der Waals surface area contributed by atoms with E-state index in [1.165, 1.54) is 0 Å². The van der Waals surface area contributed by atoms with Crippen molar-refractivity contribution in [3.05, 3.63) is 64.1 Å². The summed E-state index contributed by atoms with van der Waals surface area (Å²) < 4.78 is 6.69. The topological polar surface area (TPSA) is 58.6 Å². The first-order valence-corrected chi connectivity index (χ1v) is 10.7. The maximum atomic E-state index is 12.9. The Labute approximate surface area is 181 Å². The molecule has 156 valence electrons. The van der Waals surface area contributed by atoms with Crippen LogP contribution in [-0.4, -0.2) is 42.5 Å². The molecule has 5 nitrogen and oxygen atoms in total. The molecular formula is C23H29BrN2O3. The van der Waals surface area contributed by atoms with Gasteiger partial charge in [-0.3, -0.25) is 9.59 Å². The molecule has 0 unspecified atom stereocenters. The van der Waals surface area contributed by atoms with E-state index in [4.69, 9.17) is 4.74 Å². The van der Waals surface area contributed by atoms with Crippen molar-refractivity contribution in [1.29, 1.82) is 0 Å². The Morgan fingerprint density at radius 2 is 1.90 bits per heavy atom. The highest BCUT2D eigenvalue weighted by molar-refractivity contribution is 9.10. The molecule has 2 aromatic rings. The fourth-order valence-corrected chi connectivity index (χ4v) is 3.15. The van der Waals surface area contributed by atoms with E-state index in [1.54, 1.807) is 11.8 Å². The van der Waals surface area contributed by atoms with Gasteiger partial charge in [-0.15, -0.1) is 0 Å². The largest absolute Gasteiger partial charge is 0.484 e. The van der Waals surface area contributed by atoms with E-state index in [-0.39, 0.29) is 18.4 Å². The number of nitrogens with one attached hydrogen (secondary N) is 1. The number of ether oxygens (including phenoxy) is 1. The van der Waals surface area contributed by atoms with Gasteiger partial charge in [-0.05, 0) is 56.0 Å². The molecule has 2 aromatic carbocycles. The normalized spacial score (nSPS) is 11.6. The third-order valence-electron chi connectivity index (χ3n) is 4.69. The first-order valence-electron chi connectivity index (χ1n) is 9.92. The fraction of sp³-hybridized carbons (Fsp3) is 0.391. The molecular weight excluding hydrogens is 432 g/mol. The van der Waals surface area contributed by atoms with Crippen LogP contribution in [0.4, 0.5) is 0 Å². The van der Waals surface area contributed by atoms with Gasteiger partial charge in [0.2, 0.25) is 5.91 Å². The van der Waals surface area contributed by atoms with Crippen LogP contribution in [0, 0.1) is 6.92 Å². The lowest BCUT2D eigenvalue weighted by molar-refractivity contribution is -0.141. The van der Waals surface area contributed by atoms with Gasteiger partial charge in [-0.25, -0.2) is 0 Å². The molecule has 0 aliphatic carbocycles. The summed E-state index contributed by atoms with van der Waals surface area (Å²) in [4.78, 5) is 27.0. The number of rotatable bonds is 10. The smallest absolute Gasteiger partial charge is 0.261 e. The van der Waals surface area contributed by atoms with Crippen molar-refractivity contribution in [3.63, 3.8) is 0 Å². The van der Waals surface area contributed by atoms with Crippen LogP contribution in [0.5, 0.6) is 5.75 Å². The predicted octanol–water partition coefficient (Wildman–Crippen LogP) is 4.12. The lowest BCUT2D eigenvalue weighted by Crippen LogP contribution is -2.50. The molecule has 0 bridgehead atoms. The van der Waals surface area contributed by atoms with Crippen molar-refractivity contribution in [2.75, 3.05) is 19.7 Å². The second kappa shape index (κ2) is 11.6. The Balaban J connectivity index is 2.05. The summed E-state index contributed by atoms with van der Waals surface area (Å²) in [6.45, 7) is 6.66. The summed E-state index contributed by atoms with van der Waals surface area (Å²) in [5.74, 6) is 0.276. The van der Waals surface area contributed by atoms with E-state index in [0.717, 1.165) is 22.0 Å². The van der Waals surface area contributed by atoms with Gasteiger partial charge in [0, 0.05) is 17.6 Å². The van der Waals surface area contributed by atoms with Crippen molar-refractivity contribution in [2.45, 2.75) is 39.7 Å². The highest BCUT2D eigenvalue weighted by Gasteiger charge is 2.25. The molecule has 1 atom stereocenters. The van der Waals surface area contributed by atoms with Crippen molar-refractivity contribution in [3.8, 4) is 5.75 Å².